The van der Waals surface area contributed by atoms with E-state index in [9.17, 15) is 4.39 Å². The van der Waals surface area contributed by atoms with E-state index in [0.29, 0.717) is 17.3 Å². The number of rotatable bonds is 6. The van der Waals surface area contributed by atoms with E-state index in [1.54, 1.807) is 18.3 Å². The Hall–Kier alpha value is -1.36. The van der Waals surface area contributed by atoms with E-state index in [1.165, 1.54) is 12.1 Å². The van der Waals surface area contributed by atoms with Crippen LogP contribution in [0.1, 0.15) is 18.9 Å². The minimum absolute atomic E-state index is 0.0405. The van der Waals surface area contributed by atoms with Gasteiger partial charge in [-0.1, -0.05) is 30.1 Å². The van der Waals surface area contributed by atoms with Crippen LogP contribution in [0.3, 0.4) is 0 Å². The first-order valence-electron chi connectivity index (χ1n) is 6.58. The first-order chi connectivity index (χ1) is 10.1. The molecule has 0 spiro atoms. The summed E-state index contributed by atoms with van der Waals surface area (Å²) in [7, 11) is 0. The number of ether oxygens (including phenoxy) is 1. The minimum atomic E-state index is -0.550. The first kappa shape index (κ1) is 16.0. The monoisotopic (exact) mass is 328 g/mol. The summed E-state index contributed by atoms with van der Waals surface area (Å²) in [6, 6.07) is 5.94. The Labute approximate surface area is 133 Å². The summed E-state index contributed by atoms with van der Waals surface area (Å²) in [5.74, 6) is -0.0218. The molecule has 0 saturated heterocycles. The molecule has 1 aromatic carbocycles. The van der Waals surface area contributed by atoms with E-state index in [4.69, 9.17) is 27.9 Å². The van der Waals surface area contributed by atoms with Crippen LogP contribution < -0.4 is 10.1 Å². The maximum atomic E-state index is 13.3. The van der Waals surface area contributed by atoms with E-state index in [2.05, 4.69) is 17.2 Å². The van der Waals surface area contributed by atoms with E-state index >= 15 is 0 Å². The molecule has 112 valence electrons. The van der Waals surface area contributed by atoms with Gasteiger partial charge in [-0.25, -0.2) is 9.37 Å². The van der Waals surface area contributed by atoms with Gasteiger partial charge >= 0.3 is 0 Å². The molecule has 0 aliphatic rings. The summed E-state index contributed by atoms with van der Waals surface area (Å²) >= 11 is 11.7. The molecule has 0 fully saturated rings. The Balaban J connectivity index is 2.08. The van der Waals surface area contributed by atoms with Gasteiger partial charge in [-0.3, -0.25) is 0 Å². The maximum absolute atomic E-state index is 13.3. The molecular formula is C15H15Cl2FN2O. The standard InChI is InChI=1S/C15H15Cl2FN2O/c1-2-5-19-8-10-6-13(17)15(20-9-10)21-11-3-4-12(16)14(18)7-11/h3-4,6-7,9,19H,2,5,8H2,1H3. The molecule has 1 aromatic heterocycles. The van der Waals surface area contributed by atoms with Crippen molar-refractivity contribution in [3.8, 4) is 11.6 Å². The van der Waals surface area contributed by atoms with Crippen LogP contribution in [0.5, 0.6) is 11.6 Å². The van der Waals surface area contributed by atoms with Gasteiger partial charge in [0.1, 0.15) is 16.6 Å². The Morgan fingerprint density at radius 1 is 1.24 bits per heavy atom. The highest BCUT2D eigenvalue weighted by Gasteiger charge is 2.08. The van der Waals surface area contributed by atoms with Crippen molar-refractivity contribution in [2.45, 2.75) is 19.9 Å². The second-order valence-corrected chi connectivity index (χ2v) is 5.30. The molecule has 0 aliphatic heterocycles. The number of halogens is 3. The highest BCUT2D eigenvalue weighted by molar-refractivity contribution is 6.32. The van der Waals surface area contributed by atoms with Gasteiger partial charge in [0.15, 0.2) is 0 Å². The van der Waals surface area contributed by atoms with Crippen LogP contribution in [0.4, 0.5) is 4.39 Å². The van der Waals surface area contributed by atoms with Crippen LogP contribution in [0, 0.1) is 5.82 Å². The van der Waals surface area contributed by atoms with E-state index in [0.717, 1.165) is 18.5 Å². The molecule has 0 atom stereocenters. The van der Waals surface area contributed by atoms with E-state index in [1.807, 2.05) is 0 Å². The number of hydrogen-bond acceptors (Lipinski definition) is 3. The second-order valence-electron chi connectivity index (χ2n) is 4.49. The topological polar surface area (TPSA) is 34.2 Å². The third-order valence-electron chi connectivity index (χ3n) is 2.73. The predicted molar refractivity (Wildman–Crippen MR) is 82.7 cm³/mol. The van der Waals surface area contributed by atoms with Crippen LogP contribution in [0.2, 0.25) is 10.0 Å². The van der Waals surface area contributed by atoms with Gasteiger partial charge in [-0.05, 0) is 36.7 Å². The van der Waals surface area contributed by atoms with Gasteiger partial charge in [0.25, 0.3) is 0 Å². The predicted octanol–water partition coefficient (Wildman–Crippen LogP) is 4.82. The number of hydrogen-bond donors (Lipinski definition) is 1. The number of benzene rings is 1. The molecule has 0 unspecified atom stereocenters. The molecule has 6 heteroatoms. The van der Waals surface area contributed by atoms with Crippen molar-refractivity contribution in [3.63, 3.8) is 0 Å². The van der Waals surface area contributed by atoms with Crippen molar-refractivity contribution in [2.75, 3.05) is 6.54 Å². The normalized spacial score (nSPS) is 10.7. The zero-order valence-electron chi connectivity index (χ0n) is 11.5. The Bertz CT molecular complexity index is 623. The maximum Gasteiger partial charge on any atom is 0.238 e. The highest BCUT2D eigenvalue weighted by Crippen LogP contribution is 2.29. The Morgan fingerprint density at radius 3 is 2.71 bits per heavy atom. The zero-order valence-corrected chi connectivity index (χ0v) is 13.0. The van der Waals surface area contributed by atoms with Crippen molar-refractivity contribution in [1.29, 1.82) is 0 Å². The van der Waals surface area contributed by atoms with E-state index < -0.39 is 5.82 Å². The van der Waals surface area contributed by atoms with Crippen molar-refractivity contribution >= 4 is 23.2 Å². The summed E-state index contributed by atoms with van der Waals surface area (Å²) in [5, 5.41) is 3.67. The fourth-order valence-electron chi connectivity index (χ4n) is 1.70. The summed E-state index contributed by atoms with van der Waals surface area (Å²) in [6.07, 6.45) is 2.74. The smallest absolute Gasteiger partial charge is 0.238 e. The molecule has 21 heavy (non-hydrogen) atoms. The van der Waals surface area contributed by atoms with Crippen LogP contribution >= 0.6 is 23.2 Å². The average Bonchev–Trinajstić information content (AvgIpc) is 2.46. The summed E-state index contributed by atoms with van der Waals surface area (Å²) < 4.78 is 18.8. The highest BCUT2D eigenvalue weighted by atomic mass is 35.5. The number of nitrogens with zero attached hydrogens (tertiary/aromatic N) is 1. The van der Waals surface area contributed by atoms with E-state index in [-0.39, 0.29) is 10.9 Å². The molecule has 0 radical (unpaired) electrons. The largest absolute Gasteiger partial charge is 0.437 e. The van der Waals surface area contributed by atoms with Crippen molar-refractivity contribution in [3.05, 3.63) is 51.9 Å². The summed E-state index contributed by atoms with van der Waals surface area (Å²) in [5.41, 5.74) is 0.961. The zero-order chi connectivity index (χ0) is 15.2. The Kier molecular flexibility index (Phi) is 5.79. The number of aromatic nitrogens is 1. The lowest BCUT2D eigenvalue weighted by atomic mass is 10.3. The summed E-state index contributed by atoms with van der Waals surface area (Å²) in [6.45, 7) is 3.72. The van der Waals surface area contributed by atoms with Crippen molar-refractivity contribution in [1.82, 2.24) is 10.3 Å². The van der Waals surface area contributed by atoms with Crippen LogP contribution in [-0.4, -0.2) is 11.5 Å². The minimum Gasteiger partial charge on any atom is -0.437 e. The molecular weight excluding hydrogens is 314 g/mol. The second kappa shape index (κ2) is 7.59. The van der Waals surface area contributed by atoms with Gasteiger partial charge in [0, 0.05) is 18.8 Å². The quantitative estimate of drug-likeness (QED) is 0.772. The molecule has 0 saturated carbocycles. The Morgan fingerprint density at radius 2 is 2.05 bits per heavy atom. The molecule has 0 bridgehead atoms. The summed E-state index contributed by atoms with van der Waals surface area (Å²) in [4.78, 5) is 4.15. The molecule has 2 rings (SSSR count). The SMILES string of the molecule is CCCNCc1cnc(Oc2ccc(Cl)c(F)c2)c(Cl)c1. The molecule has 0 aliphatic carbocycles. The van der Waals surface area contributed by atoms with Crippen molar-refractivity contribution < 1.29 is 9.13 Å². The molecule has 0 amide bonds. The number of nitrogens with one attached hydrogen (secondary N) is 1. The molecule has 1 heterocycles. The van der Waals surface area contributed by atoms with Crippen LogP contribution in [0.25, 0.3) is 0 Å². The van der Waals surface area contributed by atoms with Crippen LogP contribution in [-0.2, 0) is 6.54 Å². The third kappa shape index (κ3) is 4.56. The van der Waals surface area contributed by atoms with Gasteiger partial charge in [-0.15, -0.1) is 0 Å². The van der Waals surface area contributed by atoms with Gasteiger partial charge in [0.05, 0.1) is 5.02 Å². The third-order valence-corrected chi connectivity index (χ3v) is 3.30. The molecule has 3 nitrogen and oxygen atoms in total. The van der Waals surface area contributed by atoms with Gasteiger partial charge < -0.3 is 10.1 Å². The lowest BCUT2D eigenvalue weighted by Crippen LogP contribution is -2.13. The molecule has 1 N–H and O–H groups in total. The fraction of sp³-hybridized carbons (Fsp3) is 0.267. The average molecular weight is 329 g/mol. The van der Waals surface area contributed by atoms with Crippen molar-refractivity contribution in [2.24, 2.45) is 0 Å². The van der Waals surface area contributed by atoms with Crippen LogP contribution in [0.15, 0.2) is 30.5 Å². The van der Waals surface area contributed by atoms with Gasteiger partial charge in [0.2, 0.25) is 5.88 Å². The van der Waals surface area contributed by atoms with Gasteiger partial charge in [-0.2, -0.15) is 0 Å². The molecule has 2 aromatic rings. The fourth-order valence-corrected chi connectivity index (χ4v) is 2.04. The number of pyridine rings is 1. The lowest BCUT2D eigenvalue weighted by Gasteiger charge is -2.09. The first-order valence-corrected chi connectivity index (χ1v) is 7.33. The lowest BCUT2D eigenvalue weighted by molar-refractivity contribution is 0.458.